The molecule has 0 amide bonds. The summed E-state index contributed by atoms with van der Waals surface area (Å²) in [5.74, 6) is 3.03. The number of piperazine rings is 1. The van der Waals surface area contributed by atoms with Crippen molar-refractivity contribution in [1.82, 2.24) is 14.8 Å². The minimum absolute atomic E-state index is 0.130. The van der Waals surface area contributed by atoms with Crippen LogP contribution in [0.2, 0.25) is 10.0 Å². The Hall–Kier alpha value is -3.11. The summed E-state index contributed by atoms with van der Waals surface area (Å²) in [5, 5.41) is 4.12. The zero-order valence-corrected chi connectivity index (χ0v) is 26.2. The van der Waals surface area contributed by atoms with Crippen LogP contribution in [0, 0.1) is 0 Å². The topological polar surface area (TPSA) is 71.6 Å². The minimum Gasteiger partial charge on any atom is -0.495 e. The molecule has 9 nitrogen and oxygen atoms in total. The highest BCUT2D eigenvalue weighted by atomic mass is 35.5. The van der Waals surface area contributed by atoms with E-state index >= 15 is 0 Å². The van der Waals surface area contributed by atoms with Crippen molar-refractivity contribution < 1.29 is 18.9 Å². The van der Waals surface area contributed by atoms with Gasteiger partial charge in [-0.3, -0.25) is 4.90 Å². The van der Waals surface area contributed by atoms with Crippen LogP contribution in [-0.4, -0.2) is 88.5 Å². The van der Waals surface area contributed by atoms with Gasteiger partial charge in [0.1, 0.15) is 35.4 Å². The van der Waals surface area contributed by atoms with Crippen LogP contribution in [0.3, 0.4) is 0 Å². The molecule has 0 saturated carbocycles. The molecule has 5 rings (SSSR count). The summed E-state index contributed by atoms with van der Waals surface area (Å²) in [6.07, 6.45) is 4.00. The molecule has 0 radical (unpaired) electrons. The molecule has 0 atom stereocenters. The molecule has 42 heavy (non-hydrogen) atoms. The molecule has 0 bridgehead atoms. The van der Waals surface area contributed by atoms with Gasteiger partial charge in [-0.15, -0.1) is 0 Å². The molecule has 0 spiro atoms. The van der Waals surface area contributed by atoms with Gasteiger partial charge in [0.05, 0.1) is 43.3 Å². The molecule has 2 saturated heterocycles. The van der Waals surface area contributed by atoms with Crippen LogP contribution in [0.1, 0.15) is 18.4 Å². The van der Waals surface area contributed by atoms with Crippen molar-refractivity contribution in [3.05, 3.63) is 58.2 Å². The molecule has 3 aromatic rings. The first kappa shape index (κ1) is 30.4. The van der Waals surface area contributed by atoms with Crippen molar-refractivity contribution in [2.24, 2.45) is 0 Å². The molecule has 2 aromatic carbocycles. The zero-order chi connectivity index (χ0) is 29.6. The Morgan fingerprint density at radius 1 is 0.833 bits per heavy atom. The molecular formula is C31H39Cl2N5O4. The number of benzene rings is 2. The average molecular weight is 617 g/mol. The number of piperidine rings is 1. The quantitative estimate of drug-likeness (QED) is 0.298. The molecule has 1 N–H and O–H groups in total. The molecule has 11 heteroatoms. The van der Waals surface area contributed by atoms with Crippen molar-refractivity contribution in [1.29, 1.82) is 0 Å². The van der Waals surface area contributed by atoms with E-state index in [9.17, 15) is 0 Å². The van der Waals surface area contributed by atoms with Gasteiger partial charge in [0.15, 0.2) is 0 Å². The lowest BCUT2D eigenvalue weighted by atomic mass is 10.0. The van der Waals surface area contributed by atoms with Crippen molar-refractivity contribution in [2.45, 2.75) is 25.5 Å². The van der Waals surface area contributed by atoms with Gasteiger partial charge < -0.3 is 34.1 Å². The maximum Gasteiger partial charge on any atom is 0.144 e. The van der Waals surface area contributed by atoms with Crippen LogP contribution in [0.15, 0.2) is 42.6 Å². The summed E-state index contributed by atoms with van der Waals surface area (Å²) in [6, 6.07) is 12.2. The Labute approximate surface area is 258 Å². The first-order valence-corrected chi connectivity index (χ1v) is 15.0. The van der Waals surface area contributed by atoms with Crippen molar-refractivity contribution >= 4 is 40.4 Å². The first-order valence-electron chi connectivity index (χ1n) is 14.2. The normalized spacial score (nSPS) is 16.8. The molecule has 1 aromatic heterocycles. The molecule has 2 aliphatic heterocycles. The lowest BCUT2D eigenvalue weighted by Crippen LogP contribution is -2.52. The Bertz CT molecular complexity index is 1320. The Kier molecular flexibility index (Phi) is 10.1. The fourth-order valence-electron chi connectivity index (χ4n) is 5.58. The third kappa shape index (κ3) is 6.92. The highest BCUT2D eigenvalue weighted by Crippen LogP contribution is 2.41. The van der Waals surface area contributed by atoms with Gasteiger partial charge in [0.25, 0.3) is 0 Å². The summed E-state index contributed by atoms with van der Waals surface area (Å²) in [4.78, 5) is 12.0. The second-order valence-corrected chi connectivity index (χ2v) is 11.4. The lowest BCUT2D eigenvalue weighted by Gasteiger charge is -2.42. The fraction of sp³-hybridized carbons (Fsp3) is 0.452. The lowest BCUT2D eigenvalue weighted by molar-refractivity contribution is 0.0981. The monoisotopic (exact) mass is 615 g/mol. The number of ether oxygens (including phenoxy) is 4. The van der Waals surface area contributed by atoms with Gasteiger partial charge in [-0.05, 0) is 44.2 Å². The molecule has 0 aliphatic carbocycles. The Morgan fingerprint density at radius 3 is 2.10 bits per heavy atom. The summed E-state index contributed by atoms with van der Waals surface area (Å²) in [5.41, 5.74) is 2.60. The van der Waals surface area contributed by atoms with Crippen LogP contribution >= 0.6 is 23.2 Å². The predicted octanol–water partition coefficient (Wildman–Crippen LogP) is 5.95. The zero-order valence-electron chi connectivity index (χ0n) is 24.7. The fourth-order valence-corrected chi connectivity index (χ4v) is 6.19. The molecule has 3 heterocycles. The number of anilines is 3. The molecular weight excluding hydrogens is 577 g/mol. The summed E-state index contributed by atoms with van der Waals surface area (Å²) >= 11 is 12.9. The van der Waals surface area contributed by atoms with Crippen LogP contribution in [-0.2, 0) is 6.61 Å². The van der Waals surface area contributed by atoms with E-state index < -0.39 is 0 Å². The van der Waals surface area contributed by atoms with Gasteiger partial charge in [0.2, 0.25) is 0 Å². The second kappa shape index (κ2) is 13.9. The number of rotatable bonds is 10. The SMILES string of the molecule is COc1cc(Nc2ccc(OCc3c(Cl)c(OC)cc(OC)c3Cl)cn2)ccc1N1CCC(N2CCN(C)CC2)CC1. The number of aromatic nitrogens is 1. The summed E-state index contributed by atoms with van der Waals surface area (Å²) < 4.78 is 22.4. The van der Waals surface area contributed by atoms with Crippen LogP contribution in [0.5, 0.6) is 23.0 Å². The molecule has 0 unspecified atom stereocenters. The van der Waals surface area contributed by atoms with Crippen LogP contribution in [0.4, 0.5) is 17.2 Å². The first-order chi connectivity index (χ1) is 20.4. The van der Waals surface area contributed by atoms with E-state index in [-0.39, 0.29) is 6.61 Å². The maximum absolute atomic E-state index is 6.47. The predicted molar refractivity (Wildman–Crippen MR) is 169 cm³/mol. The number of nitrogens with zero attached hydrogens (tertiary/aromatic N) is 4. The van der Waals surface area contributed by atoms with E-state index in [1.165, 1.54) is 40.2 Å². The number of likely N-dealkylation sites (N-methyl/N-ethyl adjacent to an activating group) is 1. The third-order valence-corrected chi connectivity index (χ3v) is 8.92. The van der Waals surface area contributed by atoms with Crippen LogP contribution in [0.25, 0.3) is 0 Å². The van der Waals surface area contributed by atoms with Gasteiger partial charge in [-0.25, -0.2) is 4.98 Å². The van der Waals surface area contributed by atoms with E-state index in [1.807, 2.05) is 18.2 Å². The standard InChI is InChI=1S/C31H39Cl2N5O4/c1-36-13-15-37(16-14-36)22-9-11-38(12-10-22)25-7-5-21(17-26(25)39-2)35-29-8-6-23(19-34-29)42-20-24-30(32)27(40-3)18-28(41-4)31(24)33/h5-8,17-19,22H,9-16,20H2,1-4H3,(H,34,35). The van der Waals surface area contributed by atoms with Crippen molar-refractivity contribution in [2.75, 3.05) is 77.9 Å². The Morgan fingerprint density at radius 2 is 1.50 bits per heavy atom. The molecule has 226 valence electrons. The number of pyridine rings is 1. The van der Waals surface area contributed by atoms with Gasteiger partial charge in [-0.1, -0.05) is 23.2 Å². The number of hydrogen-bond donors (Lipinski definition) is 1. The van der Waals surface area contributed by atoms with E-state index in [4.69, 9.17) is 42.1 Å². The Balaban J connectivity index is 1.18. The number of methoxy groups -OCH3 is 3. The number of halogens is 2. The average Bonchev–Trinajstić information content (AvgIpc) is 3.02. The van der Waals surface area contributed by atoms with Crippen molar-refractivity contribution in [3.63, 3.8) is 0 Å². The number of nitrogens with one attached hydrogen (secondary N) is 1. The van der Waals surface area contributed by atoms with E-state index in [0.717, 1.165) is 43.3 Å². The third-order valence-electron chi connectivity index (χ3n) is 8.10. The van der Waals surface area contributed by atoms with E-state index in [2.05, 4.69) is 44.2 Å². The molecule has 2 fully saturated rings. The smallest absolute Gasteiger partial charge is 0.144 e. The number of hydrogen-bond acceptors (Lipinski definition) is 9. The van der Waals surface area contributed by atoms with Gasteiger partial charge in [-0.2, -0.15) is 0 Å². The minimum atomic E-state index is 0.130. The second-order valence-electron chi connectivity index (χ2n) is 10.6. The van der Waals surface area contributed by atoms with E-state index in [0.29, 0.717) is 44.7 Å². The highest BCUT2D eigenvalue weighted by molar-refractivity contribution is 6.37. The maximum atomic E-state index is 6.47. The van der Waals surface area contributed by atoms with E-state index in [1.54, 1.807) is 19.4 Å². The van der Waals surface area contributed by atoms with Gasteiger partial charge in [0, 0.05) is 68.7 Å². The van der Waals surface area contributed by atoms with Gasteiger partial charge >= 0.3 is 0 Å². The van der Waals surface area contributed by atoms with Crippen molar-refractivity contribution in [3.8, 4) is 23.0 Å². The summed E-state index contributed by atoms with van der Waals surface area (Å²) in [7, 11) is 7.01. The summed E-state index contributed by atoms with van der Waals surface area (Å²) in [6.45, 7) is 6.86. The highest BCUT2D eigenvalue weighted by Gasteiger charge is 2.27. The van der Waals surface area contributed by atoms with Crippen LogP contribution < -0.4 is 29.2 Å². The molecule has 2 aliphatic rings. The largest absolute Gasteiger partial charge is 0.495 e.